The summed E-state index contributed by atoms with van der Waals surface area (Å²) in [5.74, 6) is 0.881. The van der Waals surface area contributed by atoms with Gasteiger partial charge in [-0.3, -0.25) is 4.40 Å². The van der Waals surface area contributed by atoms with E-state index in [1.807, 2.05) is 54.6 Å². The van der Waals surface area contributed by atoms with E-state index in [0.29, 0.717) is 0 Å². The molecule has 3 aromatic carbocycles. The maximum Gasteiger partial charge on any atom is 0.149 e. The van der Waals surface area contributed by atoms with Gasteiger partial charge in [0.1, 0.15) is 11.5 Å². The van der Waals surface area contributed by atoms with Gasteiger partial charge in [0.2, 0.25) is 0 Å². The second kappa shape index (κ2) is 5.56. The van der Waals surface area contributed by atoms with Crippen LogP contribution in [0.15, 0.2) is 78.9 Å². The van der Waals surface area contributed by atoms with E-state index >= 15 is 0 Å². The Hall–Kier alpha value is -3.46. The van der Waals surface area contributed by atoms with Crippen molar-refractivity contribution in [1.82, 2.24) is 14.4 Å². The molecule has 3 nitrogen and oxygen atoms in total. The fraction of sp³-hybridized carbons (Fsp3) is 0. The quantitative estimate of drug-likeness (QED) is 0.447. The van der Waals surface area contributed by atoms with E-state index in [1.165, 1.54) is 0 Å². The molecule has 0 saturated heterocycles. The lowest BCUT2D eigenvalue weighted by Gasteiger charge is -2.05. The second-order valence-corrected chi connectivity index (χ2v) is 5.99. The molecule has 0 bridgehead atoms. The summed E-state index contributed by atoms with van der Waals surface area (Å²) < 4.78 is 2.14. The van der Waals surface area contributed by atoms with Crippen molar-refractivity contribution >= 4 is 39.7 Å². The summed E-state index contributed by atoms with van der Waals surface area (Å²) in [6.07, 6.45) is 4.15. The molecule has 0 amide bonds. The molecular weight excluding hydrogens is 306 g/mol. The zero-order valence-corrected chi connectivity index (χ0v) is 13.5. The van der Waals surface area contributed by atoms with Gasteiger partial charge in [0.15, 0.2) is 0 Å². The molecule has 0 radical (unpaired) electrons. The van der Waals surface area contributed by atoms with E-state index in [-0.39, 0.29) is 0 Å². The lowest BCUT2D eigenvalue weighted by Crippen LogP contribution is -1.97. The van der Waals surface area contributed by atoms with Crippen molar-refractivity contribution < 1.29 is 0 Å². The van der Waals surface area contributed by atoms with E-state index in [9.17, 15) is 0 Å². The van der Waals surface area contributed by atoms with Crippen LogP contribution in [0.4, 0.5) is 0 Å². The highest BCUT2D eigenvalue weighted by Gasteiger charge is 2.11. The molecule has 0 atom stereocenters. The number of nitrogens with zero attached hydrogens (tertiary/aromatic N) is 3. The number of aromatic nitrogens is 3. The molecular formula is C22H15N3. The lowest BCUT2D eigenvalue weighted by atomic mass is 10.2. The van der Waals surface area contributed by atoms with Crippen LogP contribution in [0.1, 0.15) is 11.4 Å². The zero-order chi connectivity index (χ0) is 16.6. The Kier molecular flexibility index (Phi) is 3.10. The number of para-hydroxylation sites is 3. The highest BCUT2D eigenvalue weighted by molar-refractivity contribution is 5.97. The van der Waals surface area contributed by atoms with Gasteiger partial charge in [0.25, 0.3) is 0 Å². The van der Waals surface area contributed by atoms with Gasteiger partial charge in [0.05, 0.1) is 16.6 Å². The lowest BCUT2D eigenvalue weighted by molar-refractivity contribution is 1.12. The van der Waals surface area contributed by atoms with E-state index in [0.717, 1.165) is 39.0 Å². The molecule has 0 unspecified atom stereocenters. The predicted octanol–water partition coefficient (Wildman–Crippen LogP) is 5.21. The molecule has 0 fully saturated rings. The van der Waals surface area contributed by atoms with Crippen LogP contribution in [0.2, 0.25) is 0 Å². The van der Waals surface area contributed by atoms with Gasteiger partial charge in [-0.1, -0.05) is 60.7 Å². The van der Waals surface area contributed by atoms with Crippen molar-refractivity contribution in [3.05, 3.63) is 90.3 Å². The molecule has 0 aliphatic carbocycles. The summed E-state index contributed by atoms with van der Waals surface area (Å²) in [7, 11) is 0. The third kappa shape index (κ3) is 2.29. The van der Waals surface area contributed by atoms with Gasteiger partial charge in [-0.2, -0.15) is 0 Å². The van der Waals surface area contributed by atoms with Crippen LogP contribution < -0.4 is 0 Å². The second-order valence-electron chi connectivity index (χ2n) is 5.99. The van der Waals surface area contributed by atoms with Crippen LogP contribution in [0.5, 0.6) is 0 Å². The Bertz CT molecular complexity index is 1230. The summed E-state index contributed by atoms with van der Waals surface area (Å²) >= 11 is 0. The molecule has 0 spiro atoms. The van der Waals surface area contributed by atoms with Crippen LogP contribution in [-0.4, -0.2) is 14.4 Å². The molecule has 5 rings (SSSR count). The maximum atomic E-state index is 4.88. The Balaban J connectivity index is 1.85. The molecule has 2 aromatic heterocycles. The Morgan fingerprint density at radius 1 is 0.640 bits per heavy atom. The van der Waals surface area contributed by atoms with Crippen molar-refractivity contribution in [1.29, 1.82) is 0 Å². The van der Waals surface area contributed by atoms with Gasteiger partial charge in [-0.25, -0.2) is 9.97 Å². The maximum absolute atomic E-state index is 4.88. The Morgan fingerprint density at radius 3 is 2.24 bits per heavy atom. The summed E-state index contributed by atoms with van der Waals surface area (Å²) in [6, 6.07) is 26.6. The van der Waals surface area contributed by atoms with Crippen LogP contribution in [0.3, 0.4) is 0 Å². The minimum atomic E-state index is 0.881. The summed E-state index contributed by atoms with van der Waals surface area (Å²) in [5.41, 5.74) is 5.10. The topological polar surface area (TPSA) is 30.2 Å². The van der Waals surface area contributed by atoms with Gasteiger partial charge in [-0.05, 0) is 35.9 Å². The fourth-order valence-corrected chi connectivity index (χ4v) is 3.22. The molecule has 5 aromatic rings. The fourth-order valence-electron chi connectivity index (χ4n) is 3.22. The van der Waals surface area contributed by atoms with Crippen LogP contribution >= 0.6 is 0 Å². The molecule has 0 aliphatic heterocycles. The average molecular weight is 321 g/mol. The SMILES string of the molecule is C(=C\c1nc2ccccc2c2nc3ccccc3n12)/c1ccccc1. The van der Waals surface area contributed by atoms with Crippen molar-refractivity contribution in [3.63, 3.8) is 0 Å². The molecule has 25 heavy (non-hydrogen) atoms. The van der Waals surface area contributed by atoms with Gasteiger partial charge < -0.3 is 0 Å². The monoisotopic (exact) mass is 321 g/mol. The van der Waals surface area contributed by atoms with Crippen LogP contribution in [0.25, 0.3) is 39.7 Å². The summed E-state index contributed by atoms with van der Waals surface area (Å²) in [5, 5.41) is 1.07. The van der Waals surface area contributed by atoms with E-state index in [1.54, 1.807) is 0 Å². The first-order valence-electron chi connectivity index (χ1n) is 8.29. The number of imidazole rings is 1. The van der Waals surface area contributed by atoms with Crippen molar-refractivity contribution in [2.24, 2.45) is 0 Å². The van der Waals surface area contributed by atoms with E-state index in [2.05, 4.69) is 40.8 Å². The van der Waals surface area contributed by atoms with Crippen LogP contribution in [0, 0.1) is 0 Å². The number of benzene rings is 3. The largest absolute Gasteiger partial charge is 0.276 e. The highest BCUT2D eigenvalue weighted by Crippen LogP contribution is 2.25. The van der Waals surface area contributed by atoms with Gasteiger partial charge in [0, 0.05) is 5.39 Å². The first-order chi connectivity index (χ1) is 12.4. The Labute approximate surface area is 144 Å². The third-order valence-electron chi connectivity index (χ3n) is 4.39. The first kappa shape index (κ1) is 13.9. The van der Waals surface area contributed by atoms with Gasteiger partial charge >= 0.3 is 0 Å². The number of hydrogen-bond donors (Lipinski definition) is 0. The predicted molar refractivity (Wildman–Crippen MR) is 103 cm³/mol. The molecule has 118 valence electrons. The molecule has 0 N–H and O–H groups in total. The molecule has 0 aliphatic rings. The first-order valence-corrected chi connectivity index (χ1v) is 8.29. The number of hydrogen-bond acceptors (Lipinski definition) is 2. The van der Waals surface area contributed by atoms with Crippen LogP contribution in [-0.2, 0) is 0 Å². The summed E-state index contributed by atoms with van der Waals surface area (Å²) in [4.78, 5) is 9.73. The molecule has 2 heterocycles. The van der Waals surface area contributed by atoms with Crippen molar-refractivity contribution in [2.45, 2.75) is 0 Å². The normalized spacial score (nSPS) is 11.8. The number of fused-ring (bicyclic) bond motifs is 5. The average Bonchev–Trinajstić information content (AvgIpc) is 3.07. The van der Waals surface area contributed by atoms with Gasteiger partial charge in [-0.15, -0.1) is 0 Å². The molecule has 0 saturated carbocycles. The third-order valence-corrected chi connectivity index (χ3v) is 4.39. The van der Waals surface area contributed by atoms with Crippen molar-refractivity contribution in [2.75, 3.05) is 0 Å². The Morgan fingerprint density at radius 2 is 1.36 bits per heavy atom. The van der Waals surface area contributed by atoms with E-state index in [4.69, 9.17) is 9.97 Å². The highest BCUT2D eigenvalue weighted by atomic mass is 15.1. The standard InChI is InChI=1S/C22H15N3/c1-2-8-16(9-3-1)14-15-21-23-18-11-5-4-10-17(18)22-24-19-12-6-7-13-20(19)25(21)22/h1-15H/b15-14+. The van der Waals surface area contributed by atoms with Crippen molar-refractivity contribution in [3.8, 4) is 0 Å². The number of rotatable bonds is 2. The smallest absolute Gasteiger partial charge is 0.149 e. The summed E-state index contributed by atoms with van der Waals surface area (Å²) in [6.45, 7) is 0. The minimum Gasteiger partial charge on any atom is -0.276 e. The van der Waals surface area contributed by atoms with E-state index < -0.39 is 0 Å². The minimum absolute atomic E-state index is 0.881. The zero-order valence-electron chi connectivity index (χ0n) is 13.5. The molecule has 3 heteroatoms.